The van der Waals surface area contributed by atoms with Gasteiger partial charge in [0.1, 0.15) is 0 Å². The zero-order valence-electron chi connectivity index (χ0n) is 11.0. The van der Waals surface area contributed by atoms with Crippen LogP contribution in [-0.2, 0) is 8.85 Å². The second kappa shape index (κ2) is 6.46. The lowest BCUT2D eigenvalue weighted by Gasteiger charge is -2.33. The van der Waals surface area contributed by atoms with Gasteiger partial charge in [0.05, 0.1) is 6.10 Å². The normalized spacial score (nSPS) is 16.1. The lowest BCUT2D eigenvalue weighted by Crippen LogP contribution is -2.44. The minimum absolute atomic E-state index is 0.256. The first kappa shape index (κ1) is 14.9. The molecule has 15 heavy (non-hydrogen) atoms. The Hall–Kier alpha value is -0.123. The first-order valence-electron chi connectivity index (χ1n) is 5.81. The first-order valence-corrected chi connectivity index (χ1v) is 8.21. The molecule has 0 aliphatic heterocycles. The summed E-state index contributed by atoms with van der Waals surface area (Å²) in [6, 6.07) is 0. The Balaban J connectivity index is 4.54. The van der Waals surface area contributed by atoms with Crippen molar-refractivity contribution in [3.05, 3.63) is 12.3 Å². The van der Waals surface area contributed by atoms with Crippen LogP contribution in [0.15, 0.2) is 12.3 Å². The molecule has 1 unspecified atom stereocenters. The Labute approximate surface area is 95.9 Å². The molecule has 90 valence electrons. The van der Waals surface area contributed by atoms with E-state index < -0.39 is 8.56 Å². The smallest absolute Gasteiger partial charge is 0.361 e. The molecular weight excluding hydrogens is 204 g/mol. The molecule has 0 spiro atoms. The molecule has 0 saturated heterocycles. The van der Waals surface area contributed by atoms with Crippen LogP contribution in [0.2, 0.25) is 6.55 Å². The molecule has 0 bridgehead atoms. The van der Waals surface area contributed by atoms with Crippen molar-refractivity contribution < 1.29 is 8.85 Å². The van der Waals surface area contributed by atoms with E-state index in [4.69, 9.17) is 8.85 Å². The highest BCUT2D eigenvalue weighted by Crippen LogP contribution is 2.22. The Morgan fingerprint density at radius 1 is 1.20 bits per heavy atom. The van der Waals surface area contributed by atoms with Crippen LogP contribution in [0.1, 0.15) is 34.6 Å². The highest BCUT2D eigenvalue weighted by atomic mass is 28.4. The summed E-state index contributed by atoms with van der Waals surface area (Å²) in [5, 5.41) is 0. The number of hydrogen-bond acceptors (Lipinski definition) is 2. The highest BCUT2D eigenvalue weighted by Gasteiger charge is 2.33. The van der Waals surface area contributed by atoms with Crippen LogP contribution in [0.5, 0.6) is 0 Å². The van der Waals surface area contributed by atoms with Crippen molar-refractivity contribution in [3.8, 4) is 0 Å². The van der Waals surface area contributed by atoms with E-state index in [0.29, 0.717) is 18.4 Å². The van der Waals surface area contributed by atoms with Crippen LogP contribution in [-0.4, -0.2) is 21.3 Å². The molecular formula is C12H26O2Si. The van der Waals surface area contributed by atoms with Crippen molar-refractivity contribution in [1.29, 1.82) is 0 Å². The summed E-state index contributed by atoms with van der Waals surface area (Å²) < 4.78 is 11.9. The molecule has 0 aromatic rings. The van der Waals surface area contributed by atoms with Crippen molar-refractivity contribution in [1.82, 2.24) is 0 Å². The van der Waals surface area contributed by atoms with Crippen molar-refractivity contribution in [3.63, 3.8) is 0 Å². The van der Waals surface area contributed by atoms with E-state index in [1.54, 1.807) is 0 Å². The van der Waals surface area contributed by atoms with E-state index in [1.165, 1.54) is 0 Å². The van der Waals surface area contributed by atoms with Crippen molar-refractivity contribution in [2.45, 2.75) is 47.3 Å². The predicted molar refractivity (Wildman–Crippen MR) is 68.0 cm³/mol. The van der Waals surface area contributed by atoms with E-state index >= 15 is 0 Å². The minimum atomic E-state index is -2.15. The van der Waals surface area contributed by atoms with Crippen molar-refractivity contribution >= 4 is 8.56 Å². The summed E-state index contributed by atoms with van der Waals surface area (Å²) in [6.45, 7) is 17.3. The van der Waals surface area contributed by atoms with Gasteiger partial charge in [0.25, 0.3) is 0 Å². The third-order valence-corrected chi connectivity index (χ3v) is 4.83. The van der Waals surface area contributed by atoms with Gasteiger partial charge >= 0.3 is 8.56 Å². The maximum atomic E-state index is 6.15. The quantitative estimate of drug-likeness (QED) is 0.623. The van der Waals surface area contributed by atoms with E-state index in [2.05, 4.69) is 40.8 Å². The first-order chi connectivity index (χ1) is 6.86. The molecule has 0 aromatic carbocycles. The molecule has 0 saturated carbocycles. The van der Waals surface area contributed by atoms with E-state index in [-0.39, 0.29) is 6.10 Å². The summed E-state index contributed by atoms with van der Waals surface area (Å²) in [5.74, 6) is 1.02. The van der Waals surface area contributed by atoms with E-state index in [0.717, 1.165) is 0 Å². The molecule has 0 aromatic heterocycles. The lowest BCUT2D eigenvalue weighted by atomic mass is 9.97. The van der Waals surface area contributed by atoms with Gasteiger partial charge in [-0.2, -0.15) is 0 Å². The van der Waals surface area contributed by atoms with Gasteiger partial charge in [-0.25, -0.2) is 0 Å². The molecule has 0 rings (SSSR count). The molecule has 0 N–H and O–H groups in total. The van der Waals surface area contributed by atoms with Crippen LogP contribution in [0.3, 0.4) is 0 Å². The van der Waals surface area contributed by atoms with Crippen LogP contribution < -0.4 is 0 Å². The largest absolute Gasteiger partial charge is 0.392 e. The van der Waals surface area contributed by atoms with Gasteiger partial charge in [-0.15, -0.1) is 6.58 Å². The summed E-state index contributed by atoms with van der Waals surface area (Å²) >= 11 is 0. The maximum absolute atomic E-state index is 6.15. The topological polar surface area (TPSA) is 18.5 Å². The minimum Gasteiger partial charge on any atom is -0.392 e. The van der Waals surface area contributed by atoms with Gasteiger partial charge < -0.3 is 8.85 Å². The van der Waals surface area contributed by atoms with Crippen LogP contribution in [0, 0.1) is 11.8 Å². The average molecular weight is 230 g/mol. The lowest BCUT2D eigenvalue weighted by molar-refractivity contribution is 0.0612. The molecule has 0 aliphatic rings. The van der Waals surface area contributed by atoms with Gasteiger partial charge in [-0.1, -0.05) is 27.7 Å². The van der Waals surface area contributed by atoms with Crippen LogP contribution in [0.25, 0.3) is 0 Å². The Kier molecular flexibility index (Phi) is 6.40. The van der Waals surface area contributed by atoms with Gasteiger partial charge in [0.2, 0.25) is 0 Å². The third kappa shape index (κ3) is 4.95. The monoisotopic (exact) mass is 230 g/mol. The van der Waals surface area contributed by atoms with Crippen LogP contribution >= 0.6 is 0 Å². The molecule has 0 heterocycles. The molecule has 0 amide bonds. The highest BCUT2D eigenvalue weighted by molar-refractivity contribution is 6.71. The predicted octanol–water partition coefficient (Wildman–Crippen LogP) is 3.52. The van der Waals surface area contributed by atoms with Crippen molar-refractivity contribution in [2.24, 2.45) is 11.8 Å². The van der Waals surface area contributed by atoms with Gasteiger partial charge in [0, 0.05) is 6.61 Å². The Bertz CT molecular complexity index is 184. The van der Waals surface area contributed by atoms with E-state index in [1.807, 2.05) is 12.6 Å². The molecule has 3 heteroatoms. The maximum Gasteiger partial charge on any atom is 0.361 e. The molecule has 0 radical (unpaired) electrons. The summed E-state index contributed by atoms with van der Waals surface area (Å²) in [5.41, 5.74) is 1.87. The fourth-order valence-corrected chi connectivity index (χ4v) is 3.68. The molecule has 2 nitrogen and oxygen atoms in total. The van der Waals surface area contributed by atoms with E-state index in [9.17, 15) is 0 Å². The van der Waals surface area contributed by atoms with Crippen LogP contribution in [0.4, 0.5) is 0 Å². The zero-order chi connectivity index (χ0) is 12.1. The van der Waals surface area contributed by atoms with Crippen molar-refractivity contribution in [2.75, 3.05) is 6.61 Å². The zero-order valence-corrected chi connectivity index (χ0v) is 12.0. The summed E-state index contributed by atoms with van der Waals surface area (Å²) in [4.78, 5) is 0. The Morgan fingerprint density at radius 2 is 1.67 bits per heavy atom. The SMILES string of the molecule is C=C[Si](C)(OCC)OC(C(C)C)C(C)C. The second-order valence-electron chi connectivity index (χ2n) is 4.72. The third-order valence-electron chi connectivity index (χ3n) is 2.49. The standard InChI is InChI=1S/C12H26O2Si/c1-8-13-15(7,9-2)14-12(10(3)4)11(5)6/h9-12H,2,8H2,1,3-7H3. The van der Waals surface area contributed by atoms with Gasteiger partial charge in [0.15, 0.2) is 0 Å². The van der Waals surface area contributed by atoms with Gasteiger partial charge in [-0.05, 0) is 31.0 Å². The number of rotatable bonds is 7. The molecule has 0 fully saturated rings. The summed E-state index contributed by atoms with van der Waals surface area (Å²) in [6.07, 6.45) is 0.256. The average Bonchev–Trinajstić information content (AvgIpc) is 2.14. The number of hydrogen-bond donors (Lipinski definition) is 0. The Morgan fingerprint density at radius 3 is 1.93 bits per heavy atom. The van der Waals surface area contributed by atoms with Gasteiger partial charge in [-0.3, -0.25) is 0 Å². The molecule has 1 atom stereocenters. The summed E-state index contributed by atoms with van der Waals surface area (Å²) in [7, 11) is -2.15. The fourth-order valence-electron chi connectivity index (χ4n) is 1.74. The fraction of sp³-hybridized carbons (Fsp3) is 0.833. The second-order valence-corrected chi connectivity index (χ2v) is 7.69. The molecule has 0 aliphatic carbocycles.